The van der Waals surface area contributed by atoms with Gasteiger partial charge in [0.15, 0.2) is 0 Å². The van der Waals surface area contributed by atoms with Crippen LogP contribution in [0.4, 0.5) is 5.69 Å². The van der Waals surface area contributed by atoms with E-state index in [9.17, 15) is 5.11 Å². The summed E-state index contributed by atoms with van der Waals surface area (Å²) in [7, 11) is 0. The highest BCUT2D eigenvalue weighted by Gasteiger charge is 2.05. The summed E-state index contributed by atoms with van der Waals surface area (Å²) in [6, 6.07) is 17.9. The van der Waals surface area contributed by atoms with Crippen molar-refractivity contribution in [2.24, 2.45) is 0 Å². The molecule has 2 aromatic rings. The molecule has 0 fully saturated rings. The van der Waals surface area contributed by atoms with E-state index in [-0.39, 0.29) is 0 Å². The van der Waals surface area contributed by atoms with E-state index in [1.807, 2.05) is 54.6 Å². The highest BCUT2D eigenvalue weighted by atomic mass is 16.3. The number of aliphatic hydroxyl groups is 1. The average Bonchev–Trinajstić information content (AvgIpc) is 2.72. The summed E-state index contributed by atoms with van der Waals surface area (Å²) >= 11 is 0. The molecule has 0 saturated heterocycles. The predicted octanol–water partition coefficient (Wildman–Crippen LogP) is 6.47. The van der Waals surface area contributed by atoms with Gasteiger partial charge in [-0.2, -0.15) is 0 Å². The lowest BCUT2D eigenvalue weighted by Crippen LogP contribution is -1.91. The van der Waals surface area contributed by atoms with E-state index in [2.05, 4.69) is 42.5 Å². The van der Waals surface area contributed by atoms with Gasteiger partial charge in [-0.1, -0.05) is 78.9 Å². The molecule has 27 heavy (non-hydrogen) atoms. The number of hydrogen-bond acceptors (Lipinski definition) is 2. The number of nitrogen functional groups attached to an aromatic ring is 1. The standard InChI is InChI=1S/C25H25NO/c26-24-17-15-20(16-18-24)9-7-8-14-23(21-10-3-1-4-11-21)19-25(27)22-12-5-2-6-13-22/h1,3-5,7,9-19,27H,2,6,8,26H2/b9-7+,23-14+,25-19-. The molecular formula is C25H25NO. The van der Waals surface area contributed by atoms with E-state index in [1.165, 1.54) is 0 Å². The summed E-state index contributed by atoms with van der Waals surface area (Å²) in [6.07, 6.45) is 17.1. The molecule has 3 N–H and O–H groups in total. The number of benzene rings is 2. The van der Waals surface area contributed by atoms with Crippen LogP contribution in [0.2, 0.25) is 0 Å². The number of hydrogen-bond donors (Lipinski definition) is 2. The molecule has 0 spiro atoms. The van der Waals surface area contributed by atoms with Gasteiger partial charge in [-0.15, -0.1) is 0 Å². The molecule has 0 aliphatic heterocycles. The zero-order chi connectivity index (χ0) is 18.9. The van der Waals surface area contributed by atoms with Gasteiger partial charge in [0.05, 0.1) is 0 Å². The van der Waals surface area contributed by atoms with Crippen molar-refractivity contribution >= 4 is 17.3 Å². The minimum Gasteiger partial charge on any atom is -0.507 e. The van der Waals surface area contributed by atoms with E-state index in [1.54, 1.807) is 0 Å². The van der Waals surface area contributed by atoms with Crippen LogP contribution in [0.1, 0.15) is 30.4 Å². The first-order chi connectivity index (χ1) is 13.2. The monoisotopic (exact) mass is 355 g/mol. The van der Waals surface area contributed by atoms with Gasteiger partial charge in [-0.25, -0.2) is 0 Å². The van der Waals surface area contributed by atoms with Crippen molar-refractivity contribution in [3.63, 3.8) is 0 Å². The molecule has 0 radical (unpaired) electrons. The van der Waals surface area contributed by atoms with Gasteiger partial charge in [0.1, 0.15) is 5.76 Å². The fourth-order valence-corrected chi connectivity index (χ4v) is 2.93. The summed E-state index contributed by atoms with van der Waals surface area (Å²) in [5.74, 6) is 0.309. The Morgan fingerprint density at radius 2 is 1.78 bits per heavy atom. The van der Waals surface area contributed by atoms with Crippen molar-refractivity contribution in [3.8, 4) is 0 Å². The van der Waals surface area contributed by atoms with Crippen LogP contribution in [-0.2, 0) is 0 Å². The Morgan fingerprint density at radius 3 is 2.48 bits per heavy atom. The Balaban J connectivity index is 1.79. The summed E-state index contributed by atoms with van der Waals surface area (Å²) in [5, 5.41) is 10.5. The minimum absolute atomic E-state index is 0.309. The molecule has 0 saturated carbocycles. The number of anilines is 1. The lowest BCUT2D eigenvalue weighted by Gasteiger charge is -2.08. The normalized spacial score (nSPS) is 15.2. The number of rotatable bonds is 6. The Morgan fingerprint density at radius 1 is 1.00 bits per heavy atom. The third-order valence-corrected chi connectivity index (χ3v) is 4.41. The largest absolute Gasteiger partial charge is 0.507 e. The molecule has 1 aliphatic carbocycles. The molecule has 0 heterocycles. The Hall–Kier alpha value is -3.26. The molecule has 3 rings (SSSR count). The molecule has 2 nitrogen and oxygen atoms in total. The molecule has 2 aromatic carbocycles. The second kappa shape index (κ2) is 9.44. The van der Waals surface area contributed by atoms with E-state index in [0.717, 1.165) is 47.2 Å². The Kier molecular flexibility index (Phi) is 6.48. The molecule has 0 bridgehead atoms. The zero-order valence-electron chi connectivity index (χ0n) is 15.4. The van der Waals surface area contributed by atoms with Crippen LogP contribution in [0, 0.1) is 0 Å². The number of allylic oxidation sites excluding steroid dienone is 7. The second-order valence-corrected chi connectivity index (χ2v) is 6.50. The maximum Gasteiger partial charge on any atom is 0.123 e. The smallest absolute Gasteiger partial charge is 0.123 e. The van der Waals surface area contributed by atoms with Gasteiger partial charge >= 0.3 is 0 Å². The highest BCUT2D eigenvalue weighted by Crippen LogP contribution is 2.23. The fraction of sp³-hybridized carbons (Fsp3) is 0.120. The van der Waals surface area contributed by atoms with Crippen LogP contribution in [0.5, 0.6) is 0 Å². The molecule has 2 heteroatoms. The van der Waals surface area contributed by atoms with Gasteiger partial charge < -0.3 is 10.8 Å². The van der Waals surface area contributed by atoms with Crippen molar-refractivity contribution in [1.82, 2.24) is 0 Å². The Labute approximate surface area is 161 Å². The van der Waals surface area contributed by atoms with Crippen molar-refractivity contribution in [2.45, 2.75) is 19.3 Å². The zero-order valence-corrected chi connectivity index (χ0v) is 15.4. The maximum atomic E-state index is 10.5. The number of aliphatic hydroxyl groups excluding tert-OH is 1. The predicted molar refractivity (Wildman–Crippen MR) is 116 cm³/mol. The molecule has 0 amide bonds. The SMILES string of the molecule is Nc1ccc(/C=C/C/C=C(\C=C(/O)C2=CCCC=C2)c2ccccc2)cc1. The first-order valence-corrected chi connectivity index (χ1v) is 9.28. The molecule has 0 unspecified atom stereocenters. The summed E-state index contributed by atoms with van der Waals surface area (Å²) in [5.41, 5.74) is 10.6. The number of nitrogens with two attached hydrogens (primary N) is 1. The quantitative estimate of drug-likeness (QED) is 0.354. The van der Waals surface area contributed by atoms with Gasteiger partial charge in [-0.05, 0) is 54.2 Å². The molecule has 136 valence electrons. The highest BCUT2D eigenvalue weighted by molar-refractivity contribution is 5.75. The van der Waals surface area contributed by atoms with Crippen LogP contribution in [-0.4, -0.2) is 5.11 Å². The summed E-state index contributed by atoms with van der Waals surface area (Å²) in [6.45, 7) is 0. The van der Waals surface area contributed by atoms with Gasteiger partial charge in [0.25, 0.3) is 0 Å². The van der Waals surface area contributed by atoms with Crippen molar-refractivity contribution in [3.05, 3.63) is 114 Å². The fourth-order valence-electron chi connectivity index (χ4n) is 2.93. The summed E-state index contributed by atoms with van der Waals surface area (Å²) < 4.78 is 0. The van der Waals surface area contributed by atoms with E-state index in [4.69, 9.17) is 5.73 Å². The van der Waals surface area contributed by atoms with Crippen LogP contribution in [0.3, 0.4) is 0 Å². The van der Waals surface area contributed by atoms with E-state index >= 15 is 0 Å². The molecule has 1 aliphatic rings. The minimum atomic E-state index is 0.309. The topological polar surface area (TPSA) is 46.2 Å². The Bertz CT molecular complexity index is 897. The van der Waals surface area contributed by atoms with Crippen LogP contribution >= 0.6 is 0 Å². The van der Waals surface area contributed by atoms with Crippen molar-refractivity contribution in [1.29, 1.82) is 0 Å². The van der Waals surface area contributed by atoms with Crippen LogP contribution in [0.15, 0.2) is 102 Å². The van der Waals surface area contributed by atoms with E-state index < -0.39 is 0 Å². The van der Waals surface area contributed by atoms with Gasteiger partial charge in [0, 0.05) is 11.3 Å². The average molecular weight is 355 g/mol. The van der Waals surface area contributed by atoms with Crippen LogP contribution in [0.25, 0.3) is 11.6 Å². The van der Waals surface area contributed by atoms with Gasteiger partial charge in [-0.3, -0.25) is 0 Å². The molecule has 0 atom stereocenters. The first-order valence-electron chi connectivity index (χ1n) is 9.28. The third-order valence-electron chi connectivity index (χ3n) is 4.41. The first kappa shape index (κ1) is 18.5. The molecule has 0 aromatic heterocycles. The third kappa shape index (κ3) is 5.61. The maximum absolute atomic E-state index is 10.5. The van der Waals surface area contributed by atoms with Crippen molar-refractivity contribution in [2.75, 3.05) is 5.73 Å². The van der Waals surface area contributed by atoms with E-state index in [0.29, 0.717) is 5.76 Å². The lowest BCUT2D eigenvalue weighted by atomic mass is 10.00. The van der Waals surface area contributed by atoms with Gasteiger partial charge in [0.2, 0.25) is 0 Å². The second-order valence-electron chi connectivity index (χ2n) is 6.50. The molecular weight excluding hydrogens is 330 g/mol. The lowest BCUT2D eigenvalue weighted by molar-refractivity contribution is 0.426. The van der Waals surface area contributed by atoms with Crippen LogP contribution < -0.4 is 5.73 Å². The van der Waals surface area contributed by atoms with Crippen molar-refractivity contribution < 1.29 is 5.11 Å². The summed E-state index contributed by atoms with van der Waals surface area (Å²) in [4.78, 5) is 0.